The van der Waals surface area contributed by atoms with Gasteiger partial charge in [-0.15, -0.1) is 11.8 Å². The summed E-state index contributed by atoms with van der Waals surface area (Å²) < 4.78 is 4.94. The van der Waals surface area contributed by atoms with E-state index in [-0.39, 0.29) is 6.42 Å². The van der Waals surface area contributed by atoms with E-state index in [2.05, 4.69) is 4.98 Å². The minimum Gasteiger partial charge on any atom is -0.481 e. The van der Waals surface area contributed by atoms with Crippen molar-refractivity contribution in [3.63, 3.8) is 0 Å². The number of aliphatic carboxylic acids is 1. The second-order valence-corrected chi connectivity index (χ2v) is 3.63. The molecule has 1 N–H and O–H groups in total. The number of carboxylic acids is 1. The van der Waals surface area contributed by atoms with Gasteiger partial charge in [0.1, 0.15) is 5.03 Å². The third-order valence-electron chi connectivity index (χ3n) is 1.47. The summed E-state index contributed by atoms with van der Waals surface area (Å²) >= 11 is 1.41. The molecule has 0 amide bonds. The van der Waals surface area contributed by atoms with E-state index in [1.54, 1.807) is 13.2 Å². The monoisotopic (exact) mass is 213 g/mol. The van der Waals surface area contributed by atoms with Gasteiger partial charge in [0, 0.05) is 11.8 Å². The fourth-order valence-corrected chi connectivity index (χ4v) is 1.65. The maximum atomic E-state index is 10.3. The Labute approximate surface area is 86.3 Å². The molecule has 0 spiro atoms. The van der Waals surface area contributed by atoms with Gasteiger partial charge in [0.2, 0.25) is 5.88 Å². The Kier molecular flexibility index (Phi) is 4.25. The maximum Gasteiger partial charge on any atom is 0.304 e. The van der Waals surface area contributed by atoms with Crippen molar-refractivity contribution in [1.29, 1.82) is 0 Å². The predicted octanol–water partition coefficient (Wildman–Crippen LogP) is 1.66. The lowest BCUT2D eigenvalue weighted by Gasteiger charge is -2.01. The average Bonchev–Trinajstić information content (AvgIpc) is 2.18. The molecular weight excluding hydrogens is 202 g/mol. The number of hydrogen-bond donors (Lipinski definition) is 1. The smallest absolute Gasteiger partial charge is 0.304 e. The summed E-state index contributed by atoms with van der Waals surface area (Å²) in [6.07, 6.45) is 0.142. The molecule has 5 heteroatoms. The number of ether oxygens (including phenoxy) is 1. The van der Waals surface area contributed by atoms with E-state index in [1.165, 1.54) is 11.8 Å². The summed E-state index contributed by atoms with van der Waals surface area (Å²) in [5.74, 6) is 0.279. The molecule has 0 aliphatic carbocycles. The van der Waals surface area contributed by atoms with Gasteiger partial charge in [-0.3, -0.25) is 4.79 Å². The average molecular weight is 213 g/mol. The van der Waals surface area contributed by atoms with Gasteiger partial charge >= 0.3 is 5.97 Å². The minimum atomic E-state index is -0.791. The normalized spacial score (nSPS) is 9.79. The van der Waals surface area contributed by atoms with Crippen molar-refractivity contribution in [1.82, 2.24) is 4.98 Å². The Hall–Kier alpha value is -1.23. The van der Waals surface area contributed by atoms with Crippen molar-refractivity contribution < 1.29 is 14.6 Å². The molecule has 1 heterocycles. The molecule has 0 aromatic carbocycles. The van der Waals surface area contributed by atoms with Crippen LogP contribution in [0, 0.1) is 0 Å². The molecule has 1 aromatic rings. The zero-order valence-electron chi connectivity index (χ0n) is 7.77. The van der Waals surface area contributed by atoms with E-state index in [0.29, 0.717) is 11.6 Å². The molecule has 0 saturated heterocycles. The Morgan fingerprint density at radius 2 is 2.43 bits per heavy atom. The number of hydrogen-bond acceptors (Lipinski definition) is 4. The minimum absolute atomic E-state index is 0.142. The molecule has 14 heavy (non-hydrogen) atoms. The number of aromatic nitrogens is 1. The van der Waals surface area contributed by atoms with Gasteiger partial charge in [0.05, 0.1) is 13.5 Å². The topological polar surface area (TPSA) is 59.4 Å². The van der Waals surface area contributed by atoms with Crippen molar-refractivity contribution in [3.05, 3.63) is 18.2 Å². The molecule has 1 aromatic heterocycles. The number of rotatable bonds is 5. The van der Waals surface area contributed by atoms with Crippen molar-refractivity contribution in [3.8, 4) is 5.88 Å². The van der Waals surface area contributed by atoms with Crippen LogP contribution in [0.25, 0.3) is 0 Å². The number of carbonyl (C=O) groups is 1. The third kappa shape index (κ3) is 3.66. The van der Waals surface area contributed by atoms with E-state index >= 15 is 0 Å². The Morgan fingerprint density at radius 3 is 3.07 bits per heavy atom. The molecule has 0 radical (unpaired) electrons. The summed E-state index contributed by atoms with van der Waals surface area (Å²) in [7, 11) is 1.55. The number of carboxylic acid groups (broad SMARTS) is 1. The highest BCUT2D eigenvalue weighted by molar-refractivity contribution is 7.99. The van der Waals surface area contributed by atoms with Crippen LogP contribution in [0.2, 0.25) is 0 Å². The van der Waals surface area contributed by atoms with Crippen LogP contribution in [-0.4, -0.2) is 28.9 Å². The molecule has 0 unspecified atom stereocenters. The van der Waals surface area contributed by atoms with Gasteiger partial charge in [-0.05, 0) is 6.07 Å². The zero-order chi connectivity index (χ0) is 10.4. The zero-order valence-corrected chi connectivity index (χ0v) is 8.58. The van der Waals surface area contributed by atoms with Gasteiger partial charge < -0.3 is 9.84 Å². The van der Waals surface area contributed by atoms with Crippen LogP contribution in [-0.2, 0) is 4.79 Å². The quantitative estimate of drug-likeness (QED) is 0.754. The van der Waals surface area contributed by atoms with Gasteiger partial charge in [0.25, 0.3) is 0 Å². The van der Waals surface area contributed by atoms with E-state index in [9.17, 15) is 4.79 Å². The Morgan fingerprint density at radius 1 is 1.64 bits per heavy atom. The number of nitrogens with zero attached hydrogens (tertiary/aromatic N) is 1. The molecule has 0 fully saturated rings. The van der Waals surface area contributed by atoms with Crippen LogP contribution >= 0.6 is 11.8 Å². The van der Waals surface area contributed by atoms with Gasteiger partial charge in [-0.2, -0.15) is 0 Å². The second kappa shape index (κ2) is 5.49. The summed E-state index contributed by atoms with van der Waals surface area (Å²) in [5.41, 5.74) is 0. The Bertz CT molecular complexity index is 317. The Balaban J connectivity index is 2.46. The lowest BCUT2D eigenvalue weighted by Crippen LogP contribution is -1.96. The van der Waals surface area contributed by atoms with Crippen molar-refractivity contribution in [2.75, 3.05) is 12.9 Å². The molecule has 1 rings (SSSR count). The van der Waals surface area contributed by atoms with Crippen molar-refractivity contribution in [2.45, 2.75) is 11.4 Å². The lowest BCUT2D eigenvalue weighted by molar-refractivity contribution is -0.136. The van der Waals surface area contributed by atoms with Crippen LogP contribution < -0.4 is 4.74 Å². The van der Waals surface area contributed by atoms with Crippen LogP contribution in [0.5, 0.6) is 5.88 Å². The van der Waals surface area contributed by atoms with Crippen LogP contribution in [0.15, 0.2) is 23.2 Å². The molecule has 0 atom stereocenters. The standard InChI is InChI=1S/C9H11NO3S/c1-13-7-3-2-4-8(10-7)14-6-5-9(11)12/h2-4H,5-6H2,1H3,(H,11,12). The summed E-state index contributed by atoms with van der Waals surface area (Å²) in [4.78, 5) is 14.4. The third-order valence-corrected chi connectivity index (χ3v) is 2.40. The molecule has 0 aliphatic rings. The molecule has 4 nitrogen and oxygen atoms in total. The first-order valence-electron chi connectivity index (χ1n) is 4.08. The lowest BCUT2D eigenvalue weighted by atomic mass is 10.5. The fraction of sp³-hybridized carbons (Fsp3) is 0.333. The first-order chi connectivity index (χ1) is 6.72. The van der Waals surface area contributed by atoms with Crippen molar-refractivity contribution >= 4 is 17.7 Å². The molecular formula is C9H11NO3S. The predicted molar refractivity (Wildman–Crippen MR) is 53.8 cm³/mol. The highest BCUT2D eigenvalue weighted by Crippen LogP contribution is 2.18. The molecule has 0 saturated carbocycles. The molecule has 0 bridgehead atoms. The number of pyridine rings is 1. The largest absolute Gasteiger partial charge is 0.481 e. The van der Waals surface area contributed by atoms with E-state index < -0.39 is 5.97 Å². The summed E-state index contributed by atoms with van der Waals surface area (Å²) in [6.45, 7) is 0. The van der Waals surface area contributed by atoms with Gasteiger partial charge in [-0.25, -0.2) is 4.98 Å². The highest BCUT2D eigenvalue weighted by Gasteiger charge is 2.00. The first kappa shape index (κ1) is 10.8. The van der Waals surface area contributed by atoms with Gasteiger partial charge in [0.15, 0.2) is 0 Å². The van der Waals surface area contributed by atoms with Crippen molar-refractivity contribution in [2.24, 2.45) is 0 Å². The summed E-state index contributed by atoms with van der Waals surface area (Å²) in [6, 6.07) is 5.41. The summed E-state index contributed by atoms with van der Waals surface area (Å²) in [5, 5.41) is 9.22. The number of thioether (sulfide) groups is 1. The van der Waals surface area contributed by atoms with Crippen LogP contribution in [0.1, 0.15) is 6.42 Å². The SMILES string of the molecule is COc1cccc(SCCC(=O)O)n1. The van der Waals surface area contributed by atoms with E-state index in [1.807, 2.05) is 12.1 Å². The first-order valence-corrected chi connectivity index (χ1v) is 5.06. The van der Waals surface area contributed by atoms with Crippen LogP contribution in [0.4, 0.5) is 0 Å². The molecule has 76 valence electrons. The maximum absolute atomic E-state index is 10.3. The fourth-order valence-electron chi connectivity index (χ4n) is 0.833. The number of methoxy groups -OCH3 is 1. The van der Waals surface area contributed by atoms with E-state index in [4.69, 9.17) is 9.84 Å². The van der Waals surface area contributed by atoms with Crippen LogP contribution in [0.3, 0.4) is 0 Å². The van der Waals surface area contributed by atoms with Gasteiger partial charge in [-0.1, -0.05) is 6.07 Å². The molecule has 0 aliphatic heterocycles. The van der Waals surface area contributed by atoms with E-state index in [0.717, 1.165) is 5.03 Å². The highest BCUT2D eigenvalue weighted by atomic mass is 32.2. The second-order valence-electron chi connectivity index (χ2n) is 2.51.